The van der Waals surface area contributed by atoms with E-state index in [1.165, 1.54) is 0 Å². The number of hydrogen-bond donors (Lipinski definition) is 3. The Bertz CT molecular complexity index is 477. The molecule has 124 valence electrons. The molecule has 1 aromatic rings. The van der Waals surface area contributed by atoms with Crippen LogP contribution in [-0.4, -0.2) is 30.2 Å². The van der Waals surface area contributed by atoms with Crippen molar-refractivity contribution in [2.45, 2.75) is 46.1 Å². The molecule has 0 bridgehead atoms. The first-order valence-corrected chi connectivity index (χ1v) is 8.10. The number of aliphatic hydroxyl groups is 1. The smallest absolute Gasteiger partial charge is 0.225 e. The van der Waals surface area contributed by atoms with Crippen molar-refractivity contribution in [1.82, 2.24) is 5.32 Å². The Hall–Kier alpha value is -1.10. The Morgan fingerprint density at radius 3 is 2.77 bits per heavy atom. The first kappa shape index (κ1) is 18.9. The number of hydrogen-bond acceptors (Lipinski definition) is 3. The molecule has 0 saturated carbocycles. The molecule has 1 aromatic carbocycles. The van der Waals surface area contributed by atoms with Crippen LogP contribution in [0.4, 0.5) is 5.69 Å². The highest BCUT2D eigenvalue weighted by Gasteiger charge is 2.16. The van der Waals surface area contributed by atoms with E-state index in [1.807, 2.05) is 19.1 Å². The Morgan fingerprint density at radius 2 is 2.14 bits per heavy atom. The lowest BCUT2D eigenvalue weighted by Crippen LogP contribution is -2.32. The lowest BCUT2D eigenvalue weighted by molar-refractivity contribution is -0.116. The minimum absolute atomic E-state index is 0.0297. The number of carbonyl (C=O) groups is 1. The lowest BCUT2D eigenvalue weighted by Gasteiger charge is -2.22. The number of carbonyl (C=O) groups excluding carboxylic acids is 1. The van der Waals surface area contributed by atoms with Crippen molar-refractivity contribution in [3.63, 3.8) is 0 Å². The fraction of sp³-hybridized carbons (Fsp3) is 0.588. The van der Waals surface area contributed by atoms with Gasteiger partial charge in [0.1, 0.15) is 0 Å². The number of amides is 1. The number of benzene rings is 1. The van der Waals surface area contributed by atoms with E-state index in [0.29, 0.717) is 11.4 Å². The molecule has 0 aromatic heterocycles. The van der Waals surface area contributed by atoms with Crippen molar-refractivity contribution in [1.29, 1.82) is 0 Å². The van der Waals surface area contributed by atoms with Crippen molar-refractivity contribution in [2.24, 2.45) is 5.41 Å². The first-order valence-electron chi connectivity index (χ1n) is 7.72. The molecule has 1 unspecified atom stereocenters. The average Bonchev–Trinajstić information content (AvgIpc) is 2.43. The van der Waals surface area contributed by atoms with Crippen LogP contribution in [0.2, 0.25) is 5.02 Å². The molecule has 1 rings (SSSR count). The van der Waals surface area contributed by atoms with Gasteiger partial charge in [-0.15, -0.1) is 0 Å². The molecule has 0 aliphatic heterocycles. The Morgan fingerprint density at radius 1 is 1.41 bits per heavy atom. The van der Waals surface area contributed by atoms with Gasteiger partial charge in [0, 0.05) is 29.8 Å². The molecule has 0 radical (unpaired) electrons. The molecule has 5 heteroatoms. The molecule has 1 amide bonds. The SMILES string of the molecule is CC(CC(=O)Nc1cccc(Cl)c1)NCCCC(C)(C)CO. The van der Waals surface area contributed by atoms with Crippen molar-refractivity contribution < 1.29 is 9.90 Å². The van der Waals surface area contributed by atoms with Crippen LogP contribution in [0.25, 0.3) is 0 Å². The van der Waals surface area contributed by atoms with E-state index >= 15 is 0 Å². The average molecular weight is 327 g/mol. The zero-order chi connectivity index (χ0) is 16.6. The van der Waals surface area contributed by atoms with Gasteiger partial charge in [0.2, 0.25) is 5.91 Å². The van der Waals surface area contributed by atoms with E-state index in [0.717, 1.165) is 25.1 Å². The van der Waals surface area contributed by atoms with E-state index in [1.54, 1.807) is 12.1 Å². The number of aliphatic hydroxyl groups excluding tert-OH is 1. The Balaban J connectivity index is 2.24. The number of nitrogens with one attached hydrogen (secondary N) is 2. The monoisotopic (exact) mass is 326 g/mol. The summed E-state index contributed by atoms with van der Waals surface area (Å²) in [5, 5.41) is 16.0. The summed E-state index contributed by atoms with van der Waals surface area (Å²) in [5.41, 5.74) is 0.684. The van der Waals surface area contributed by atoms with Crippen LogP contribution in [0.3, 0.4) is 0 Å². The molecule has 1 atom stereocenters. The van der Waals surface area contributed by atoms with Crippen LogP contribution in [0.1, 0.15) is 40.0 Å². The summed E-state index contributed by atoms with van der Waals surface area (Å²) in [5.74, 6) is -0.0297. The Labute approximate surface area is 138 Å². The molecule has 22 heavy (non-hydrogen) atoms. The molecule has 0 saturated heterocycles. The molecule has 0 aliphatic carbocycles. The summed E-state index contributed by atoms with van der Waals surface area (Å²) in [7, 11) is 0. The van der Waals surface area contributed by atoms with Gasteiger partial charge in [0.25, 0.3) is 0 Å². The molecule has 0 heterocycles. The molecule has 3 N–H and O–H groups in total. The fourth-order valence-corrected chi connectivity index (χ4v) is 2.31. The Kier molecular flexibility index (Phi) is 7.87. The molecule has 4 nitrogen and oxygen atoms in total. The van der Waals surface area contributed by atoms with E-state index in [2.05, 4.69) is 24.5 Å². The quantitative estimate of drug-likeness (QED) is 0.609. The highest BCUT2D eigenvalue weighted by molar-refractivity contribution is 6.30. The van der Waals surface area contributed by atoms with Crippen molar-refractivity contribution in [3.8, 4) is 0 Å². The van der Waals surface area contributed by atoms with Crippen LogP contribution in [0.5, 0.6) is 0 Å². The molecular formula is C17H27ClN2O2. The van der Waals surface area contributed by atoms with Crippen LogP contribution in [-0.2, 0) is 4.79 Å². The minimum Gasteiger partial charge on any atom is -0.396 e. The minimum atomic E-state index is -0.0329. The highest BCUT2D eigenvalue weighted by Crippen LogP contribution is 2.20. The summed E-state index contributed by atoms with van der Waals surface area (Å²) >= 11 is 5.89. The van der Waals surface area contributed by atoms with E-state index in [4.69, 9.17) is 11.6 Å². The molecule has 0 fully saturated rings. The number of halogens is 1. The standard InChI is InChI=1S/C17H27ClN2O2/c1-13(19-9-5-8-17(2,3)12-21)10-16(22)20-15-7-4-6-14(18)11-15/h4,6-7,11,13,19,21H,5,8-10,12H2,1-3H3,(H,20,22). The number of anilines is 1. The van der Waals surface area contributed by atoms with Gasteiger partial charge in [-0.2, -0.15) is 0 Å². The van der Waals surface area contributed by atoms with E-state index < -0.39 is 0 Å². The fourth-order valence-electron chi connectivity index (χ4n) is 2.12. The highest BCUT2D eigenvalue weighted by atomic mass is 35.5. The van der Waals surface area contributed by atoms with Crippen LogP contribution < -0.4 is 10.6 Å². The number of rotatable bonds is 9. The van der Waals surface area contributed by atoms with Crippen molar-refractivity contribution in [3.05, 3.63) is 29.3 Å². The van der Waals surface area contributed by atoms with Crippen LogP contribution >= 0.6 is 11.6 Å². The second-order valence-electron chi connectivity index (χ2n) is 6.54. The zero-order valence-electron chi connectivity index (χ0n) is 13.7. The van der Waals surface area contributed by atoms with Gasteiger partial charge in [-0.25, -0.2) is 0 Å². The lowest BCUT2D eigenvalue weighted by atomic mass is 9.89. The normalized spacial score (nSPS) is 13.0. The molecule has 0 aliphatic rings. The predicted molar refractivity (Wildman–Crippen MR) is 92.3 cm³/mol. The van der Waals surface area contributed by atoms with Gasteiger partial charge in [0.15, 0.2) is 0 Å². The van der Waals surface area contributed by atoms with Gasteiger partial charge in [-0.3, -0.25) is 4.79 Å². The molecule has 0 spiro atoms. The van der Waals surface area contributed by atoms with Crippen molar-refractivity contribution in [2.75, 3.05) is 18.5 Å². The van der Waals surface area contributed by atoms with Gasteiger partial charge in [-0.1, -0.05) is 31.5 Å². The maximum absolute atomic E-state index is 11.9. The summed E-state index contributed by atoms with van der Waals surface area (Å²) in [4.78, 5) is 11.9. The first-order chi connectivity index (χ1) is 10.3. The third-order valence-electron chi connectivity index (χ3n) is 3.55. The largest absolute Gasteiger partial charge is 0.396 e. The van der Waals surface area contributed by atoms with Gasteiger partial charge >= 0.3 is 0 Å². The van der Waals surface area contributed by atoms with Gasteiger partial charge in [-0.05, 0) is 49.9 Å². The second kappa shape index (κ2) is 9.13. The van der Waals surface area contributed by atoms with Crippen LogP contribution in [0.15, 0.2) is 24.3 Å². The summed E-state index contributed by atoms with van der Waals surface area (Å²) in [6, 6.07) is 7.24. The topological polar surface area (TPSA) is 61.4 Å². The van der Waals surface area contributed by atoms with Gasteiger partial charge < -0.3 is 15.7 Å². The van der Waals surface area contributed by atoms with Crippen LogP contribution in [0, 0.1) is 5.41 Å². The summed E-state index contributed by atoms with van der Waals surface area (Å²) in [6.45, 7) is 7.14. The maximum atomic E-state index is 11.9. The third kappa shape index (κ3) is 7.78. The van der Waals surface area contributed by atoms with E-state index in [-0.39, 0.29) is 24.0 Å². The van der Waals surface area contributed by atoms with Gasteiger partial charge in [0.05, 0.1) is 0 Å². The van der Waals surface area contributed by atoms with E-state index in [9.17, 15) is 9.90 Å². The summed E-state index contributed by atoms with van der Waals surface area (Å²) in [6.07, 6.45) is 2.35. The third-order valence-corrected chi connectivity index (χ3v) is 3.79. The molecular weight excluding hydrogens is 300 g/mol. The predicted octanol–water partition coefficient (Wildman–Crippen LogP) is 3.45. The second-order valence-corrected chi connectivity index (χ2v) is 6.98. The maximum Gasteiger partial charge on any atom is 0.225 e. The van der Waals surface area contributed by atoms with Crippen molar-refractivity contribution >= 4 is 23.2 Å². The zero-order valence-corrected chi connectivity index (χ0v) is 14.4. The summed E-state index contributed by atoms with van der Waals surface area (Å²) < 4.78 is 0.